The van der Waals surface area contributed by atoms with E-state index < -0.39 is 5.60 Å². The Morgan fingerprint density at radius 1 is 1.33 bits per heavy atom. The lowest BCUT2D eigenvalue weighted by atomic mass is 9.99. The summed E-state index contributed by atoms with van der Waals surface area (Å²) in [4.78, 5) is 4.03. The number of methoxy groups -OCH3 is 2. The van der Waals surface area contributed by atoms with Crippen LogP contribution in [0.25, 0.3) is 0 Å². The van der Waals surface area contributed by atoms with Gasteiger partial charge in [0.2, 0.25) is 5.88 Å². The number of hydrogen-bond donors (Lipinski definition) is 1. The zero-order valence-electron chi connectivity index (χ0n) is 9.57. The number of pyridine rings is 1. The molecular weight excluding hydrogens is 194 g/mol. The van der Waals surface area contributed by atoms with Crippen molar-refractivity contribution in [1.82, 2.24) is 4.98 Å². The molecular formula is C11H17NO3. The summed E-state index contributed by atoms with van der Waals surface area (Å²) < 4.78 is 10.2. The van der Waals surface area contributed by atoms with E-state index in [1.165, 1.54) is 0 Å². The van der Waals surface area contributed by atoms with Crippen molar-refractivity contribution in [3.63, 3.8) is 0 Å². The van der Waals surface area contributed by atoms with Crippen molar-refractivity contribution in [3.8, 4) is 11.6 Å². The lowest BCUT2D eigenvalue weighted by Crippen LogP contribution is -2.22. The SMILES string of the molecule is COc1cc(CC(C)(C)O)c(OC)cn1. The van der Waals surface area contributed by atoms with Gasteiger partial charge in [-0.25, -0.2) is 4.98 Å². The van der Waals surface area contributed by atoms with E-state index in [4.69, 9.17) is 9.47 Å². The highest BCUT2D eigenvalue weighted by Gasteiger charge is 2.17. The smallest absolute Gasteiger partial charge is 0.213 e. The van der Waals surface area contributed by atoms with Crippen molar-refractivity contribution in [2.24, 2.45) is 0 Å². The monoisotopic (exact) mass is 211 g/mol. The highest BCUT2D eigenvalue weighted by atomic mass is 16.5. The number of hydrogen-bond acceptors (Lipinski definition) is 4. The molecule has 0 aromatic carbocycles. The Balaban J connectivity index is 3.01. The molecule has 0 atom stereocenters. The number of ether oxygens (including phenoxy) is 2. The van der Waals surface area contributed by atoms with Crippen LogP contribution in [0.1, 0.15) is 19.4 Å². The third-order valence-electron chi connectivity index (χ3n) is 1.98. The third kappa shape index (κ3) is 3.40. The largest absolute Gasteiger partial charge is 0.495 e. The molecule has 0 spiro atoms. The topological polar surface area (TPSA) is 51.6 Å². The van der Waals surface area contributed by atoms with E-state index in [0.29, 0.717) is 18.1 Å². The van der Waals surface area contributed by atoms with Crippen LogP contribution in [0.2, 0.25) is 0 Å². The summed E-state index contributed by atoms with van der Waals surface area (Å²) in [5, 5.41) is 9.74. The molecule has 0 aliphatic carbocycles. The number of rotatable bonds is 4. The van der Waals surface area contributed by atoms with E-state index in [2.05, 4.69) is 4.98 Å². The molecule has 0 radical (unpaired) electrons. The Morgan fingerprint density at radius 2 is 2.00 bits per heavy atom. The Labute approximate surface area is 89.9 Å². The minimum Gasteiger partial charge on any atom is -0.495 e. The van der Waals surface area contributed by atoms with Gasteiger partial charge in [0.15, 0.2) is 0 Å². The van der Waals surface area contributed by atoms with Gasteiger partial charge in [0.1, 0.15) is 5.75 Å². The Kier molecular flexibility index (Phi) is 3.52. The minimum absolute atomic E-state index is 0.495. The molecule has 0 fully saturated rings. The lowest BCUT2D eigenvalue weighted by Gasteiger charge is -2.18. The third-order valence-corrected chi connectivity index (χ3v) is 1.98. The van der Waals surface area contributed by atoms with Crippen LogP contribution >= 0.6 is 0 Å². The second kappa shape index (κ2) is 4.49. The summed E-state index contributed by atoms with van der Waals surface area (Å²) in [6.45, 7) is 3.50. The fraction of sp³-hybridized carbons (Fsp3) is 0.545. The lowest BCUT2D eigenvalue weighted by molar-refractivity contribution is 0.0802. The van der Waals surface area contributed by atoms with Gasteiger partial charge in [0.25, 0.3) is 0 Å². The molecule has 4 nitrogen and oxygen atoms in total. The van der Waals surface area contributed by atoms with Crippen molar-refractivity contribution in [2.75, 3.05) is 14.2 Å². The van der Waals surface area contributed by atoms with Crippen molar-refractivity contribution in [1.29, 1.82) is 0 Å². The summed E-state index contributed by atoms with van der Waals surface area (Å²) in [5.41, 5.74) is 0.108. The molecule has 84 valence electrons. The first-order valence-electron chi connectivity index (χ1n) is 4.75. The van der Waals surface area contributed by atoms with Crippen molar-refractivity contribution >= 4 is 0 Å². The summed E-state index contributed by atoms with van der Waals surface area (Å²) in [6.07, 6.45) is 2.09. The summed E-state index contributed by atoms with van der Waals surface area (Å²) in [6, 6.07) is 1.77. The summed E-state index contributed by atoms with van der Waals surface area (Å²) in [7, 11) is 3.14. The van der Waals surface area contributed by atoms with Gasteiger partial charge < -0.3 is 14.6 Å². The molecule has 1 rings (SSSR count). The maximum atomic E-state index is 9.74. The van der Waals surface area contributed by atoms with Crippen molar-refractivity contribution < 1.29 is 14.6 Å². The summed E-state index contributed by atoms with van der Waals surface area (Å²) in [5.74, 6) is 1.19. The summed E-state index contributed by atoms with van der Waals surface area (Å²) >= 11 is 0. The van der Waals surface area contributed by atoms with E-state index in [1.54, 1.807) is 40.3 Å². The van der Waals surface area contributed by atoms with Crippen LogP contribution in [0.15, 0.2) is 12.3 Å². The van der Waals surface area contributed by atoms with E-state index in [-0.39, 0.29) is 0 Å². The molecule has 0 aliphatic rings. The fourth-order valence-corrected chi connectivity index (χ4v) is 1.36. The Hall–Kier alpha value is -1.29. The molecule has 1 N–H and O–H groups in total. The standard InChI is InChI=1S/C11H17NO3/c1-11(2,13)6-8-5-10(15-4)12-7-9(8)14-3/h5,7,13H,6H2,1-4H3. The minimum atomic E-state index is -0.778. The van der Waals surface area contributed by atoms with Gasteiger partial charge in [-0.2, -0.15) is 0 Å². The Bertz CT molecular complexity index is 331. The predicted octanol–water partition coefficient (Wildman–Crippen LogP) is 1.41. The second-order valence-corrected chi connectivity index (χ2v) is 4.03. The van der Waals surface area contributed by atoms with Gasteiger partial charge in [-0.3, -0.25) is 0 Å². The number of nitrogens with zero attached hydrogens (tertiary/aromatic N) is 1. The number of aromatic nitrogens is 1. The van der Waals surface area contributed by atoms with Gasteiger partial charge in [-0.05, 0) is 13.8 Å². The molecule has 15 heavy (non-hydrogen) atoms. The Morgan fingerprint density at radius 3 is 2.47 bits per heavy atom. The fourth-order valence-electron chi connectivity index (χ4n) is 1.36. The van der Waals surface area contributed by atoms with Gasteiger partial charge in [-0.1, -0.05) is 0 Å². The van der Waals surface area contributed by atoms with Crippen LogP contribution in [-0.2, 0) is 6.42 Å². The highest BCUT2D eigenvalue weighted by molar-refractivity contribution is 5.35. The quantitative estimate of drug-likeness (QED) is 0.818. The van der Waals surface area contributed by atoms with Crippen LogP contribution in [0, 0.1) is 0 Å². The molecule has 0 aliphatic heterocycles. The molecule has 0 saturated carbocycles. The van der Waals surface area contributed by atoms with E-state index in [9.17, 15) is 5.11 Å². The molecule has 0 bridgehead atoms. The molecule has 0 amide bonds. The van der Waals surface area contributed by atoms with E-state index in [0.717, 1.165) is 5.56 Å². The van der Waals surface area contributed by atoms with Crippen molar-refractivity contribution in [3.05, 3.63) is 17.8 Å². The van der Waals surface area contributed by atoms with Gasteiger partial charge in [0.05, 0.1) is 26.0 Å². The average molecular weight is 211 g/mol. The first kappa shape index (κ1) is 11.8. The number of aliphatic hydroxyl groups is 1. The zero-order valence-corrected chi connectivity index (χ0v) is 9.57. The maximum Gasteiger partial charge on any atom is 0.213 e. The van der Waals surface area contributed by atoms with Crippen LogP contribution in [-0.4, -0.2) is 29.9 Å². The van der Waals surface area contributed by atoms with E-state index >= 15 is 0 Å². The molecule has 1 heterocycles. The van der Waals surface area contributed by atoms with Crippen molar-refractivity contribution in [2.45, 2.75) is 25.9 Å². The van der Waals surface area contributed by atoms with Gasteiger partial charge in [-0.15, -0.1) is 0 Å². The predicted molar refractivity (Wildman–Crippen MR) is 57.3 cm³/mol. The molecule has 0 unspecified atom stereocenters. The molecule has 1 aromatic heterocycles. The molecule has 1 aromatic rings. The van der Waals surface area contributed by atoms with Crippen LogP contribution in [0.5, 0.6) is 11.6 Å². The van der Waals surface area contributed by atoms with Gasteiger partial charge in [0, 0.05) is 18.1 Å². The zero-order chi connectivity index (χ0) is 11.5. The first-order valence-corrected chi connectivity index (χ1v) is 4.75. The molecule has 0 saturated heterocycles. The second-order valence-electron chi connectivity index (χ2n) is 4.03. The highest BCUT2D eigenvalue weighted by Crippen LogP contribution is 2.25. The first-order chi connectivity index (χ1) is 6.96. The van der Waals surface area contributed by atoms with Crippen LogP contribution < -0.4 is 9.47 Å². The average Bonchev–Trinajstić information content (AvgIpc) is 2.15. The molecule has 4 heteroatoms. The van der Waals surface area contributed by atoms with Crippen LogP contribution in [0.4, 0.5) is 0 Å². The van der Waals surface area contributed by atoms with E-state index in [1.807, 2.05) is 0 Å². The normalized spacial score (nSPS) is 11.3. The van der Waals surface area contributed by atoms with Crippen LogP contribution in [0.3, 0.4) is 0 Å². The maximum absolute atomic E-state index is 9.74. The van der Waals surface area contributed by atoms with Gasteiger partial charge >= 0.3 is 0 Å².